The fourth-order valence-electron chi connectivity index (χ4n) is 2.64. The molecular weight excluding hydrogens is 350 g/mol. The minimum absolute atomic E-state index is 0.0546. The molecule has 0 saturated heterocycles. The van der Waals surface area contributed by atoms with Crippen molar-refractivity contribution in [2.24, 2.45) is 0 Å². The summed E-state index contributed by atoms with van der Waals surface area (Å²) in [5, 5.41) is 14.3. The van der Waals surface area contributed by atoms with E-state index in [1.165, 1.54) is 17.4 Å². The number of thiazole rings is 1. The van der Waals surface area contributed by atoms with Gasteiger partial charge < -0.3 is 5.32 Å². The molecule has 26 heavy (non-hydrogen) atoms. The maximum absolute atomic E-state index is 12.3. The van der Waals surface area contributed by atoms with E-state index in [0.717, 1.165) is 22.6 Å². The quantitative estimate of drug-likeness (QED) is 0.515. The molecule has 0 atom stereocenters. The Morgan fingerprint density at radius 1 is 1.15 bits per heavy atom. The van der Waals surface area contributed by atoms with Crippen molar-refractivity contribution in [2.45, 2.75) is 19.8 Å². The van der Waals surface area contributed by atoms with Crippen molar-refractivity contribution in [3.05, 3.63) is 75.2 Å². The third kappa shape index (κ3) is 3.94. The van der Waals surface area contributed by atoms with Crippen LogP contribution in [0.25, 0.3) is 11.3 Å². The van der Waals surface area contributed by atoms with Gasteiger partial charge in [-0.3, -0.25) is 14.9 Å². The number of aromatic nitrogens is 1. The zero-order valence-corrected chi connectivity index (χ0v) is 15.0. The molecule has 7 heteroatoms. The first kappa shape index (κ1) is 17.8. The number of amides is 1. The van der Waals surface area contributed by atoms with Crippen molar-refractivity contribution < 1.29 is 9.72 Å². The van der Waals surface area contributed by atoms with Crippen molar-refractivity contribution >= 4 is 28.1 Å². The van der Waals surface area contributed by atoms with Crippen LogP contribution in [-0.4, -0.2) is 15.8 Å². The number of rotatable bonds is 6. The summed E-state index contributed by atoms with van der Waals surface area (Å²) in [6.45, 7) is 2.04. The Balaban J connectivity index is 1.78. The fourth-order valence-corrected chi connectivity index (χ4v) is 3.58. The molecule has 132 valence electrons. The van der Waals surface area contributed by atoms with E-state index in [0.29, 0.717) is 10.7 Å². The summed E-state index contributed by atoms with van der Waals surface area (Å²) in [5.74, 6) is -0.324. The first-order valence-electron chi connectivity index (χ1n) is 8.15. The lowest BCUT2D eigenvalue weighted by molar-refractivity contribution is -0.385. The van der Waals surface area contributed by atoms with E-state index in [4.69, 9.17) is 0 Å². The second-order valence-corrected chi connectivity index (χ2v) is 6.70. The van der Waals surface area contributed by atoms with E-state index < -0.39 is 4.92 Å². The molecule has 1 aromatic heterocycles. The van der Waals surface area contributed by atoms with Crippen molar-refractivity contribution in [3.8, 4) is 11.3 Å². The SMILES string of the molecule is CCc1sc(NC(=O)Cc2ccccc2[N+](=O)[O-])nc1-c1ccccc1. The van der Waals surface area contributed by atoms with E-state index in [-0.39, 0.29) is 18.0 Å². The van der Waals surface area contributed by atoms with Gasteiger partial charge in [0.15, 0.2) is 5.13 Å². The molecule has 1 amide bonds. The van der Waals surface area contributed by atoms with E-state index in [9.17, 15) is 14.9 Å². The number of para-hydroxylation sites is 1. The smallest absolute Gasteiger partial charge is 0.273 e. The summed E-state index contributed by atoms with van der Waals surface area (Å²) < 4.78 is 0. The van der Waals surface area contributed by atoms with Crippen LogP contribution in [0.15, 0.2) is 54.6 Å². The monoisotopic (exact) mass is 367 g/mol. The lowest BCUT2D eigenvalue weighted by atomic mass is 10.1. The van der Waals surface area contributed by atoms with Crippen LogP contribution in [0.5, 0.6) is 0 Å². The summed E-state index contributed by atoms with van der Waals surface area (Å²) in [5.41, 5.74) is 2.19. The standard InChI is InChI=1S/C19H17N3O3S/c1-2-16-18(13-8-4-3-5-9-13)21-19(26-16)20-17(23)12-14-10-6-7-11-15(14)22(24)25/h3-11H,2,12H2,1H3,(H,20,21,23). The third-order valence-electron chi connectivity index (χ3n) is 3.85. The molecule has 0 aliphatic rings. The number of nitrogens with zero attached hydrogens (tertiary/aromatic N) is 2. The van der Waals surface area contributed by atoms with Gasteiger partial charge in [-0.15, -0.1) is 11.3 Å². The third-order valence-corrected chi connectivity index (χ3v) is 4.97. The van der Waals surface area contributed by atoms with Crippen LogP contribution in [0.2, 0.25) is 0 Å². The first-order valence-corrected chi connectivity index (χ1v) is 8.97. The second kappa shape index (κ2) is 7.88. The first-order chi connectivity index (χ1) is 12.6. The van der Waals surface area contributed by atoms with Crippen molar-refractivity contribution in [2.75, 3.05) is 5.32 Å². The van der Waals surface area contributed by atoms with Gasteiger partial charge in [0, 0.05) is 22.1 Å². The van der Waals surface area contributed by atoms with Gasteiger partial charge in [-0.1, -0.05) is 55.5 Å². The van der Waals surface area contributed by atoms with Crippen LogP contribution >= 0.6 is 11.3 Å². The van der Waals surface area contributed by atoms with Crippen molar-refractivity contribution in [1.82, 2.24) is 4.98 Å². The average Bonchev–Trinajstić information content (AvgIpc) is 3.05. The summed E-state index contributed by atoms with van der Waals surface area (Å²) in [6, 6.07) is 16.0. The molecule has 6 nitrogen and oxygen atoms in total. The number of nitrogens with one attached hydrogen (secondary N) is 1. The van der Waals surface area contributed by atoms with Gasteiger partial charge in [0.25, 0.3) is 5.69 Å². The summed E-state index contributed by atoms with van der Waals surface area (Å²) in [6.07, 6.45) is 0.737. The Bertz CT molecular complexity index is 938. The van der Waals surface area contributed by atoms with Crippen LogP contribution in [-0.2, 0) is 17.6 Å². The number of aryl methyl sites for hydroxylation is 1. The Hall–Kier alpha value is -3.06. The molecule has 0 aliphatic carbocycles. The van der Waals surface area contributed by atoms with Gasteiger partial charge >= 0.3 is 0 Å². The van der Waals surface area contributed by atoms with E-state index in [1.54, 1.807) is 18.2 Å². The van der Waals surface area contributed by atoms with Gasteiger partial charge in [0.1, 0.15) is 0 Å². The number of hydrogen-bond donors (Lipinski definition) is 1. The molecule has 3 rings (SSSR count). The minimum atomic E-state index is -0.477. The van der Waals surface area contributed by atoms with Crippen LogP contribution in [0.3, 0.4) is 0 Å². The molecule has 0 aliphatic heterocycles. The molecule has 0 fully saturated rings. The highest BCUT2D eigenvalue weighted by molar-refractivity contribution is 7.16. The van der Waals surface area contributed by atoms with Gasteiger partial charge in [0.05, 0.1) is 17.0 Å². The number of anilines is 1. The molecule has 1 N–H and O–H groups in total. The van der Waals surface area contributed by atoms with E-state index >= 15 is 0 Å². The van der Waals surface area contributed by atoms with Gasteiger partial charge in [0.2, 0.25) is 5.91 Å². The molecular formula is C19H17N3O3S. The predicted molar refractivity (Wildman–Crippen MR) is 102 cm³/mol. The molecule has 0 spiro atoms. The lowest BCUT2D eigenvalue weighted by Gasteiger charge is -2.03. The molecule has 1 heterocycles. The summed E-state index contributed by atoms with van der Waals surface area (Å²) in [4.78, 5) is 28.6. The number of hydrogen-bond acceptors (Lipinski definition) is 5. The molecule has 0 bridgehead atoms. The highest BCUT2D eigenvalue weighted by Gasteiger charge is 2.17. The van der Waals surface area contributed by atoms with Crippen LogP contribution in [0, 0.1) is 10.1 Å². The van der Waals surface area contributed by atoms with Crippen LogP contribution in [0.1, 0.15) is 17.4 Å². The highest BCUT2D eigenvalue weighted by atomic mass is 32.1. The summed E-state index contributed by atoms with van der Waals surface area (Å²) >= 11 is 1.43. The Morgan fingerprint density at radius 3 is 2.54 bits per heavy atom. The van der Waals surface area contributed by atoms with E-state index in [2.05, 4.69) is 10.3 Å². The van der Waals surface area contributed by atoms with E-state index in [1.807, 2.05) is 37.3 Å². The number of carbonyl (C=O) groups excluding carboxylic acids is 1. The zero-order valence-electron chi connectivity index (χ0n) is 14.1. The highest BCUT2D eigenvalue weighted by Crippen LogP contribution is 2.31. The van der Waals surface area contributed by atoms with Crippen LogP contribution in [0.4, 0.5) is 10.8 Å². The van der Waals surface area contributed by atoms with Gasteiger partial charge in [-0.05, 0) is 6.42 Å². The molecule has 0 saturated carbocycles. The average molecular weight is 367 g/mol. The van der Waals surface area contributed by atoms with Crippen molar-refractivity contribution in [3.63, 3.8) is 0 Å². The molecule has 2 aromatic carbocycles. The molecule has 0 radical (unpaired) electrons. The predicted octanol–water partition coefficient (Wildman–Crippen LogP) is 4.46. The Morgan fingerprint density at radius 2 is 1.85 bits per heavy atom. The Kier molecular flexibility index (Phi) is 5.38. The zero-order chi connectivity index (χ0) is 18.5. The molecule has 0 unspecified atom stereocenters. The number of benzene rings is 2. The van der Waals surface area contributed by atoms with Gasteiger partial charge in [-0.2, -0.15) is 0 Å². The fraction of sp³-hybridized carbons (Fsp3) is 0.158. The van der Waals surface area contributed by atoms with Crippen LogP contribution < -0.4 is 5.32 Å². The normalized spacial score (nSPS) is 10.5. The number of carbonyl (C=O) groups is 1. The lowest BCUT2D eigenvalue weighted by Crippen LogP contribution is -2.15. The number of nitro benzene ring substituents is 1. The second-order valence-electron chi connectivity index (χ2n) is 5.62. The maximum atomic E-state index is 12.3. The maximum Gasteiger partial charge on any atom is 0.273 e. The molecule has 3 aromatic rings. The summed E-state index contributed by atoms with van der Waals surface area (Å²) in [7, 11) is 0. The Labute approximate surface area is 154 Å². The van der Waals surface area contributed by atoms with Crippen molar-refractivity contribution in [1.29, 1.82) is 0 Å². The number of nitro groups is 1. The van der Waals surface area contributed by atoms with Gasteiger partial charge in [-0.25, -0.2) is 4.98 Å². The topological polar surface area (TPSA) is 85.1 Å². The largest absolute Gasteiger partial charge is 0.302 e. The minimum Gasteiger partial charge on any atom is -0.302 e.